The molecule has 2 aromatic heterocycles. The molecule has 2 heterocycles. The molecular formula is C19H23N5O3S. The zero-order chi connectivity index (χ0) is 20.3. The highest BCUT2D eigenvalue weighted by atomic mass is 32.2. The number of thioether (sulfide) groups is 1. The van der Waals surface area contributed by atoms with Gasteiger partial charge in [-0.15, -0.1) is 10.2 Å². The van der Waals surface area contributed by atoms with Gasteiger partial charge in [0.15, 0.2) is 5.16 Å². The van der Waals surface area contributed by atoms with E-state index in [0.29, 0.717) is 11.7 Å². The first kappa shape index (κ1) is 19.9. The van der Waals surface area contributed by atoms with Crippen molar-refractivity contribution in [3.63, 3.8) is 0 Å². The van der Waals surface area contributed by atoms with Crippen LogP contribution in [0, 0.1) is 20.8 Å². The summed E-state index contributed by atoms with van der Waals surface area (Å²) in [6, 6.07) is 7.63. The summed E-state index contributed by atoms with van der Waals surface area (Å²) in [4.78, 5) is 14.3. The number of rotatable bonds is 7. The predicted molar refractivity (Wildman–Crippen MR) is 106 cm³/mol. The first-order valence-electron chi connectivity index (χ1n) is 8.75. The van der Waals surface area contributed by atoms with Crippen LogP contribution in [-0.2, 0) is 11.3 Å². The highest BCUT2D eigenvalue weighted by Gasteiger charge is 2.18. The Morgan fingerprint density at radius 3 is 2.54 bits per heavy atom. The van der Waals surface area contributed by atoms with Crippen LogP contribution in [0.2, 0.25) is 0 Å². The van der Waals surface area contributed by atoms with Crippen LogP contribution in [0.5, 0.6) is 5.75 Å². The molecule has 0 radical (unpaired) electrons. The van der Waals surface area contributed by atoms with Gasteiger partial charge in [-0.3, -0.25) is 9.36 Å². The smallest absolute Gasteiger partial charge is 0.233 e. The maximum Gasteiger partial charge on any atom is 0.233 e. The first-order valence-corrected chi connectivity index (χ1v) is 9.74. The van der Waals surface area contributed by atoms with Crippen LogP contribution in [0.1, 0.15) is 22.8 Å². The van der Waals surface area contributed by atoms with E-state index >= 15 is 0 Å². The lowest BCUT2D eigenvalue weighted by molar-refractivity contribution is -0.127. The molecule has 9 heteroatoms. The summed E-state index contributed by atoms with van der Waals surface area (Å²) in [5, 5.41) is 13.0. The van der Waals surface area contributed by atoms with Gasteiger partial charge < -0.3 is 14.2 Å². The molecule has 1 amide bonds. The molecule has 0 saturated carbocycles. The number of amides is 1. The zero-order valence-corrected chi connectivity index (χ0v) is 17.4. The lowest BCUT2D eigenvalue weighted by Gasteiger charge is -2.17. The Morgan fingerprint density at radius 2 is 1.93 bits per heavy atom. The Bertz CT molecular complexity index is 945. The van der Waals surface area contributed by atoms with Crippen molar-refractivity contribution in [1.29, 1.82) is 0 Å². The quantitative estimate of drug-likeness (QED) is 0.563. The van der Waals surface area contributed by atoms with Crippen molar-refractivity contribution in [3.8, 4) is 11.4 Å². The number of methoxy groups -OCH3 is 1. The molecule has 148 valence electrons. The normalized spacial score (nSPS) is 10.9. The average molecular weight is 401 g/mol. The zero-order valence-electron chi connectivity index (χ0n) is 16.6. The van der Waals surface area contributed by atoms with E-state index in [1.165, 1.54) is 11.8 Å². The number of ether oxygens (including phenoxy) is 1. The summed E-state index contributed by atoms with van der Waals surface area (Å²) in [6.07, 6.45) is 0. The molecule has 0 aliphatic rings. The van der Waals surface area contributed by atoms with E-state index in [1.807, 2.05) is 49.6 Å². The molecule has 3 rings (SSSR count). The van der Waals surface area contributed by atoms with Gasteiger partial charge in [-0.1, -0.05) is 16.9 Å². The number of hydrogen-bond acceptors (Lipinski definition) is 7. The van der Waals surface area contributed by atoms with Gasteiger partial charge in [-0.25, -0.2) is 0 Å². The van der Waals surface area contributed by atoms with E-state index in [4.69, 9.17) is 9.26 Å². The van der Waals surface area contributed by atoms with E-state index in [-0.39, 0.29) is 11.7 Å². The molecule has 1 aromatic carbocycles. The van der Waals surface area contributed by atoms with Crippen LogP contribution in [0.4, 0.5) is 0 Å². The largest absolute Gasteiger partial charge is 0.497 e. The molecule has 0 N–H and O–H groups in total. The number of aromatic nitrogens is 4. The highest BCUT2D eigenvalue weighted by molar-refractivity contribution is 7.99. The van der Waals surface area contributed by atoms with Gasteiger partial charge in [0.05, 0.1) is 25.1 Å². The Morgan fingerprint density at radius 1 is 1.21 bits per heavy atom. The lowest BCUT2D eigenvalue weighted by Crippen LogP contribution is -2.28. The monoisotopic (exact) mass is 401 g/mol. The SMILES string of the molecule is COc1ccc(-n2c(C)nnc2SCC(=O)N(C)Cc2c(C)noc2C)cc1. The van der Waals surface area contributed by atoms with Gasteiger partial charge >= 0.3 is 0 Å². The van der Waals surface area contributed by atoms with Crippen molar-refractivity contribution >= 4 is 17.7 Å². The van der Waals surface area contributed by atoms with Gasteiger partial charge in [0, 0.05) is 18.3 Å². The standard InChI is InChI=1S/C19H23N5O3S/c1-12-17(13(2)27-22-12)10-23(4)18(25)11-28-19-21-20-14(3)24(19)15-6-8-16(26-5)9-7-15/h6-9H,10-11H2,1-5H3. The van der Waals surface area contributed by atoms with Crippen molar-refractivity contribution in [2.24, 2.45) is 0 Å². The van der Waals surface area contributed by atoms with Gasteiger partial charge in [0.2, 0.25) is 5.91 Å². The Balaban J connectivity index is 1.68. The van der Waals surface area contributed by atoms with E-state index in [0.717, 1.165) is 34.3 Å². The Kier molecular flexibility index (Phi) is 6.03. The topological polar surface area (TPSA) is 86.3 Å². The molecule has 0 atom stereocenters. The summed E-state index contributed by atoms with van der Waals surface area (Å²) >= 11 is 1.36. The number of benzene rings is 1. The highest BCUT2D eigenvalue weighted by Crippen LogP contribution is 2.24. The van der Waals surface area contributed by atoms with Crippen LogP contribution in [0.3, 0.4) is 0 Å². The van der Waals surface area contributed by atoms with Crippen molar-refractivity contribution in [1.82, 2.24) is 24.8 Å². The minimum Gasteiger partial charge on any atom is -0.497 e. The fraction of sp³-hybridized carbons (Fsp3) is 0.368. The number of nitrogens with zero attached hydrogens (tertiary/aromatic N) is 5. The second-order valence-electron chi connectivity index (χ2n) is 6.40. The molecule has 0 saturated heterocycles. The maximum atomic E-state index is 12.6. The van der Waals surface area contributed by atoms with Crippen molar-refractivity contribution < 1.29 is 14.1 Å². The number of carbonyl (C=O) groups is 1. The van der Waals surface area contributed by atoms with Crippen molar-refractivity contribution in [2.75, 3.05) is 19.9 Å². The molecule has 28 heavy (non-hydrogen) atoms. The number of aryl methyl sites for hydroxylation is 3. The average Bonchev–Trinajstić information content (AvgIpc) is 3.22. The van der Waals surface area contributed by atoms with Gasteiger partial charge in [-0.05, 0) is 45.0 Å². The summed E-state index contributed by atoms with van der Waals surface area (Å²) in [5.74, 6) is 2.52. The molecule has 0 aliphatic heterocycles. The summed E-state index contributed by atoms with van der Waals surface area (Å²) in [6.45, 7) is 6.07. The van der Waals surface area contributed by atoms with Crippen LogP contribution >= 0.6 is 11.8 Å². The molecule has 0 unspecified atom stereocenters. The second kappa shape index (κ2) is 8.47. The summed E-state index contributed by atoms with van der Waals surface area (Å²) in [7, 11) is 3.40. The molecular weight excluding hydrogens is 378 g/mol. The van der Waals surface area contributed by atoms with E-state index < -0.39 is 0 Å². The predicted octanol–water partition coefficient (Wildman–Crippen LogP) is 2.94. The molecule has 0 bridgehead atoms. The van der Waals surface area contributed by atoms with Gasteiger partial charge in [0.1, 0.15) is 17.3 Å². The fourth-order valence-corrected chi connectivity index (χ4v) is 3.69. The molecule has 8 nitrogen and oxygen atoms in total. The minimum atomic E-state index is -0.00747. The van der Waals surface area contributed by atoms with Crippen LogP contribution < -0.4 is 4.74 Å². The number of hydrogen-bond donors (Lipinski definition) is 0. The van der Waals surface area contributed by atoms with Crippen LogP contribution in [0.25, 0.3) is 5.69 Å². The number of carbonyl (C=O) groups excluding carboxylic acids is 1. The van der Waals surface area contributed by atoms with E-state index in [2.05, 4.69) is 15.4 Å². The van der Waals surface area contributed by atoms with Crippen LogP contribution in [0.15, 0.2) is 33.9 Å². The molecule has 0 fully saturated rings. The third-order valence-corrected chi connectivity index (χ3v) is 5.37. The van der Waals surface area contributed by atoms with Gasteiger partial charge in [0.25, 0.3) is 0 Å². The summed E-state index contributed by atoms with van der Waals surface area (Å²) < 4.78 is 12.3. The first-order chi connectivity index (χ1) is 13.4. The summed E-state index contributed by atoms with van der Waals surface area (Å²) in [5.41, 5.74) is 2.67. The Labute approximate surface area is 167 Å². The lowest BCUT2D eigenvalue weighted by atomic mass is 10.2. The molecule has 0 spiro atoms. The fourth-order valence-electron chi connectivity index (χ4n) is 2.75. The van der Waals surface area contributed by atoms with Crippen molar-refractivity contribution in [3.05, 3.63) is 47.1 Å². The Hall–Kier alpha value is -2.81. The van der Waals surface area contributed by atoms with Crippen LogP contribution in [-0.4, -0.2) is 50.6 Å². The third-order valence-electron chi connectivity index (χ3n) is 4.45. The van der Waals surface area contributed by atoms with E-state index in [9.17, 15) is 4.79 Å². The van der Waals surface area contributed by atoms with Gasteiger partial charge in [-0.2, -0.15) is 0 Å². The van der Waals surface area contributed by atoms with E-state index in [1.54, 1.807) is 19.1 Å². The maximum absolute atomic E-state index is 12.6. The minimum absolute atomic E-state index is 0.00747. The second-order valence-corrected chi connectivity index (χ2v) is 7.35. The van der Waals surface area contributed by atoms with Crippen molar-refractivity contribution in [2.45, 2.75) is 32.5 Å². The third kappa shape index (κ3) is 4.19. The molecule has 3 aromatic rings. The molecule has 0 aliphatic carbocycles.